The first-order valence-corrected chi connectivity index (χ1v) is 10.9. The Morgan fingerprint density at radius 2 is 2.20 bits per heavy atom. The molecular formula is C21H21ClN4O3S. The third-order valence-electron chi connectivity index (χ3n) is 4.82. The molecule has 0 spiro atoms. The van der Waals surface area contributed by atoms with Crippen molar-refractivity contribution in [3.8, 4) is 0 Å². The molecule has 1 aromatic carbocycles. The number of nitrogens with zero attached hydrogens (tertiary/aromatic N) is 2. The fourth-order valence-corrected chi connectivity index (χ4v) is 4.62. The molecule has 9 heteroatoms. The van der Waals surface area contributed by atoms with Crippen LogP contribution in [0.1, 0.15) is 23.0 Å². The van der Waals surface area contributed by atoms with E-state index in [4.69, 9.17) is 16.3 Å². The summed E-state index contributed by atoms with van der Waals surface area (Å²) in [6.07, 6.45) is 2.15. The summed E-state index contributed by atoms with van der Waals surface area (Å²) in [4.78, 5) is 31.0. The number of ether oxygens (including phenoxy) is 1. The van der Waals surface area contributed by atoms with E-state index in [-0.39, 0.29) is 18.0 Å². The molecule has 7 nitrogen and oxygen atoms in total. The molecule has 1 saturated heterocycles. The number of benzene rings is 1. The zero-order valence-corrected chi connectivity index (χ0v) is 17.9. The van der Waals surface area contributed by atoms with Crippen LogP contribution in [0.3, 0.4) is 0 Å². The first kappa shape index (κ1) is 20.4. The number of pyridine rings is 1. The van der Waals surface area contributed by atoms with Gasteiger partial charge in [0, 0.05) is 34.2 Å². The smallest absolute Gasteiger partial charge is 0.409 e. The molecule has 0 saturated carbocycles. The zero-order chi connectivity index (χ0) is 21.1. The molecular weight excluding hydrogens is 424 g/mol. The van der Waals surface area contributed by atoms with E-state index in [1.54, 1.807) is 30.2 Å². The van der Waals surface area contributed by atoms with Gasteiger partial charge in [-0.25, -0.2) is 9.78 Å². The van der Waals surface area contributed by atoms with E-state index in [1.807, 2.05) is 24.3 Å². The lowest BCUT2D eigenvalue weighted by Gasteiger charge is -2.16. The van der Waals surface area contributed by atoms with E-state index in [0.29, 0.717) is 41.1 Å². The van der Waals surface area contributed by atoms with Crippen molar-refractivity contribution >= 4 is 56.5 Å². The van der Waals surface area contributed by atoms with Gasteiger partial charge in [-0.05, 0) is 43.7 Å². The molecule has 1 unspecified atom stereocenters. The molecule has 0 radical (unpaired) electrons. The molecule has 156 valence electrons. The number of rotatable bonds is 5. The van der Waals surface area contributed by atoms with Gasteiger partial charge in [0.25, 0.3) is 5.91 Å². The van der Waals surface area contributed by atoms with Crippen LogP contribution < -0.4 is 10.6 Å². The molecule has 0 aliphatic carbocycles. The lowest BCUT2D eigenvalue weighted by atomic mass is 10.2. The number of nitrogens with one attached hydrogen (secondary N) is 2. The number of hydrogen-bond acceptors (Lipinski definition) is 6. The third-order valence-corrected chi connectivity index (χ3v) is 6.25. The van der Waals surface area contributed by atoms with Crippen molar-refractivity contribution in [2.45, 2.75) is 19.4 Å². The first-order valence-electron chi connectivity index (χ1n) is 9.67. The van der Waals surface area contributed by atoms with Crippen LogP contribution >= 0.6 is 22.9 Å². The van der Waals surface area contributed by atoms with Gasteiger partial charge in [0.15, 0.2) is 0 Å². The number of amides is 2. The van der Waals surface area contributed by atoms with Gasteiger partial charge in [-0.1, -0.05) is 17.7 Å². The summed E-state index contributed by atoms with van der Waals surface area (Å²) in [5.41, 5.74) is 0.605. The summed E-state index contributed by atoms with van der Waals surface area (Å²) in [5.74, 6) is 0.494. The quantitative estimate of drug-likeness (QED) is 0.588. The molecule has 0 bridgehead atoms. The average Bonchev–Trinajstić information content (AvgIpc) is 3.38. The third kappa shape index (κ3) is 4.49. The molecule has 2 aromatic heterocycles. The van der Waals surface area contributed by atoms with E-state index in [1.165, 1.54) is 11.3 Å². The number of fused-ring (bicyclic) bond motifs is 1. The summed E-state index contributed by atoms with van der Waals surface area (Å²) >= 11 is 7.59. The zero-order valence-electron chi connectivity index (χ0n) is 16.4. The Labute approximate surface area is 183 Å². The molecule has 2 amide bonds. The molecule has 1 aliphatic rings. The van der Waals surface area contributed by atoms with Crippen LogP contribution in [0.15, 0.2) is 42.6 Å². The topological polar surface area (TPSA) is 83.6 Å². The van der Waals surface area contributed by atoms with Crippen LogP contribution in [0.5, 0.6) is 0 Å². The van der Waals surface area contributed by atoms with Crippen LogP contribution in [0.25, 0.3) is 10.1 Å². The number of aromatic nitrogens is 1. The van der Waals surface area contributed by atoms with Crippen LogP contribution in [0.2, 0.25) is 5.02 Å². The number of anilines is 2. The van der Waals surface area contributed by atoms with Crippen molar-refractivity contribution in [3.63, 3.8) is 0 Å². The average molecular weight is 445 g/mol. The van der Waals surface area contributed by atoms with Crippen molar-refractivity contribution in [2.24, 2.45) is 0 Å². The minimum absolute atomic E-state index is 0.116. The lowest BCUT2D eigenvalue weighted by Crippen LogP contribution is -2.32. The van der Waals surface area contributed by atoms with Crippen molar-refractivity contribution in [3.05, 3.63) is 52.5 Å². The maximum absolute atomic E-state index is 12.6. The highest BCUT2D eigenvalue weighted by Gasteiger charge is 2.27. The van der Waals surface area contributed by atoms with Crippen molar-refractivity contribution in [1.29, 1.82) is 0 Å². The van der Waals surface area contributed by atoms with Crippen LogP contribution in [-0.4, -0.2) is 47.6 Å². The summed E-state index contributed by atoms with van der Waals surface area (Å²) < 4.78 is 6.01. The largest absolute Gasteiger partial charge is 0.450 e. The number of halogens is 1. The Bertz CT molecular complexity index is 1070. The number of hydrogen-bond donors (Lipinski definition) is 2. The molecule has 4 rings (SSSR count). The fraction of sp³-hybridized carbons (Fsp3) is 0.286. The van der Waals surface area contributed by atoms with Crippen molar-refractivity contribution in [1.82, 2.24) is 9.88 Å². The van der Waals surface area contributed by atoms with Gasteiger partial charge in [0.1, 0.15) is 5.82 Å². The van der Waals surface area contributed by atoms with Crippen LogP contribution in [0.4, 0.5) is 16.3 Å². The van der Waals surface area contributed by atoms with Gasteiger partial charge < -0.3 is 20.3 Å². The number of likely N-dealkylation sites (tertiary alicyclic amines) is 1. The Kier molecular flexibility index (Phi) is 6.06. The van der Waals surface area contributed by atoms with E-state index in [9.17, 15) is 9.59 Å². The second kappa shape index (κ2) is 8.89. The Morgan fingerprint density at radius 1 is 1.33 bits per heavy atom. The van der Waals surface area contributed by atoms with Gasteiger partial charge in [-0.15, -0.1) is 11.3 Å². The maximum atomic E-state index is 12.6. The Balaban J connectivity index is 1.35. The van der Waals surface area contributed by atoms with Gasteiger partial charge in [-0.3, -0.25) is 4.79 Å². The standard InChI is InChI=1S/C21H21ClN4O3S/c1-2-29-21(28)26-9-8-14(12-26)24-19-7-6-13(11-23-19)25-20(27)18-10-15-16(22)4-3-5-17(15)30-18/h3-7,10-11,14H,2,8-9,12H2,1H3,(H,23,24)(H,25,27). The van der Waals surface area contributed by atoms with E-state index in [0.717, 1.165) is 16.5 Å². The highest BCUT2D eigenvalue weighted by molar-refractivity contribution is 7.21. The minimum Gasteiger partial charge on any atom is -0.450 e. The summed E-state index contributed by atoms with van der Waals surface area (Å²) in [7, 11) is 0. The first-order chi connectivity index (χ1) is 14.5. The molecule has 1 aliphatic heterocycles. The normalized spacial score (nSPS) is 15.9. The Morgan fingerprint density at radius 3 is 2.93 bits per heavy atom. The molecule has 30 heavy (non-hydrogen) atoms. The monoisotopic (exact) mass is 444 g/mol. The van der Waals surface area contributed by atoms with E-state index in [2.05, 4.69) is 15.6 Å². The van der Waals surface area contributed by atoms with Crippen LogP contribution in [0, 0.1) is 0 Å². The highest BCUT2D eigenvalue weighted by atomic mass is 35.5. The highest BCUT2D eigenvalue weighted by Crippen LogP contribution is 2.31. The second-order valence-corrected chi connectivity index (χ2v) is 8.41. The van der Waals surface area contributed by atoms with Crippen molar-refractivity contribution in [2.75, 3.05) is 30.3 Å². The minimum atomic E-state index is -0.282. The maximum Gasteiger partial charge on any atom is 0.409 e. The number of thiophene rings is 1. The predicted octanol–water partition coefficient (Wildman–Crippen LogP) is 4.84. The summed E-state index contributed by atoms with van der Waals surface area (Å²) in [5, 5.41) is 7.69. The predicted molar refractivity (Wildman–Crippen MR) is 120 cm³/mol. The van der Waals surface area contributed by atoms with Gasteiger partial charge in [-0.2, -0.15) is 0 Å². The lowest BCUT2D eigenvalue weighted by molar-refractivity contribution is 0.103. The molecule has 1 fully saturated rings. The summed E-state index contributed by atoms with van der Waals surface area (Å²) in [6, 6.07) is 11.1. The SMILES string of the molecule is CCOC(=O)N1CCC(Nc2ccc(NC(=O)c3cc4c(Cl)cccc4s3)cn2)C1. The molecule has 1 atom stereocenters. The van der Waals surface area contributed by atoms with E-state index >= 15 is 0 Å². The molecule has 2 N–H and O–H groups in total. The second-order valence-electron chi connectivity index (χ2n) is 6.92. The van der Waals surface area contributed by atoms with Gasteiger partial charge in [0.05, 0.1) is 23.4 Å². The summed E-state index contributed by atoms with van der Waals surface area (Å²) in [6.45, 7) is 3.40. The molecule has 3 heterocycles. The molecule has 3 aromatic rings. The number of carbonyl (C=O) groups excluding carboxylic acids is 2. The van der Waals surface area contributed by atoms with E-state index < -0.39 is 0 Å². The van der Waals surface area contributed by atoms with Gasteiger partial charge in [0.2, 0.25) is 0 Å². The van der Waals surface area contributed by atoms with Crippen molar-refractivity contribution < 1.29 is 14.3 Å². The van der Waals surface area contributed by atoms with Gasteiger partial charge >= 0.3 is 6.09 Å². The number of carbonyl (C=O) groups is 2. The Hall–Kier alpha value is -2.84. The van der Waals surface area contributed by atoms with Crippen LogP contribution in [-0.2, 0) is 4.74 Å². The fourth-order valence-electron chi connectivity index (χ4n) is 3.35.